The van der Waals surface area contributed by atoms with E-state index >= 15 is 0 Å². The first-order valence-corrected chi connectivity index (χ1v) is 6.98. The van der Waals surface area contributed by atoms with Crippen LogP contribution in [-0.4, -0.2) is 34.1 Å². The Balaban J connectivity index is 2.95. The maximum Gasteiger partial charge on any atom is 0.157 e. The first-order chi connectivity index (χ1) is 5.81. The van der Waals surface area contributed by atoms with E-state index in [0.29, 0.717) is 5.75 Å². The maximum absolute atomic E-state index is 10.7. The number of thioether (sulfide) groups is 2. The molecule has 0 aliphatic carbocycles. The summed E-state index contributed by atoms with van der Waals surface area (Å²) in [4.78, 5) is 10.7. The lowest BCUT2D eigenvalue weighted by Crippen LogP contribution is -2.02. The van der Waals surface area contributed by atoms with Crippen molar-refractivity contribution in [2.24, 2.45) is 0 Å². The Bertz CT molecular complexity index is 122. The Labute approximate surface area is 91.9 Å². The number of ketones is 1. The van der Waals surface area contributed by atoms with Gasteiger partial charge < -0.3 is 0 Å². The van der Waals surface area contributed by atoms with Gasteiger partial charge in [-0.1, -0.05) is 0 Å². The summed E-state index contributed by atoms with van der Waals surface area (Å²) < 4.78 is 0. The van der Waals surface area contributed by atoms with Gasteiger partial charge in [0, 0.05) is 11.0 Å². The van der Waals surface area contributed by atoms with Crippen LogP contribution >= 0.6 is 46.7 Å². The molecule has 0 saturated heterocycles. The second-order valence-electron chi connectivity index (χ2n) is 2.09. The monoisotopic (exact) mass is 246 g/mol. The van der Waals surface area contributed by atoms with Gasteiger partial charge >= 0.3 is 0 Å². The average Bonchev–Trinajstić information content (AvgIpc) is 2.10. The van der Waals surface area contributed by atoms with Crippen molar-refractivity contribution >= 4 is 52.5 Å². The fourth-order valence-electron chi connectivity index (χ4n) is 0.469. The van der Waals surface area contributed by atoms with Crippen LogP contribution in [0.5, 0.6) is 0 Å². The zero-order valence-electron chi connectivity index (χ0n) is 6.72. The van der Waals surface area contributed by atoms with E-state index in [2.05, 4.69) is 0 Å². The molecule has 0 rings (SSSR count). The van der Waals surface area contributed by atoms with E-state index < -0.39 is 0 Å². The highest BCUT2D eigenvalue weighted by molar-refractivity contribution is 8.16. The fourth-order valence-corrected chi connectivity index (χ4v) is 2.92. The van der Waals surface area contributed by atoms with Gasteiger partial charge in [0.05, 0.1) is 11.6 Å². The molecule has 1 nitrogen and oxygen atoms in total. The Kier molecular flexibility index (Phi) is 10.8. The average molecular weight is 247 g/mol. The highest BCUT2D eigenvalue weighted by Crippen LogP contribution is 2.13. The quantitative estimate of drug-likeness (QED) is 0.373. The lowest BCUT2D eigenvalue weighted by atomic mass is 10.5. The smallest absolute Gasteiger partial charge is 0.157 e. The molecule has 0 aromatic heterocycles. The molecule has 0 heterocycles. The van der Waals surface area contributed by atoms with Crippen molar-refractivity contribution in [3.05, 3.63) is 0 Å². The normalized spacial score (nSPS) is 10.2. The molecule has 0 aliphatic heterocycles. The summed E-state index contributed by atoms with van der Waals surface area (Å²) in [5, 5.41) is 0.958. The summed E-state index contributed by atoms with van der Waals surface area (Å²) >= 11 is 14.3. The van der Waals surface area contributed by atoms with Crippen LogP contribution in [0, 0.1) is 0 Å². The van der Waals surface area contributed by atoms with Gasteiger partial charge in [0.1, 0.15) is 0 Å². The zero-order chi connectivity index (χ0) is 9.23. The molecular weight excluding hydrogens is 235 g/mol. The van der Waals surface area contributed by atoms with Crippen molar-refractivity contribution in [3.63, 3.8) is 0 Å². The van der Waals surface area contributed by atoms with Crippen LogP contribution in [-0.2, 0) is 4.79 Å². The first kappa shape index (κ1) is 12.9. The summed E-state index contributed by atoms with van der Waals surface area (Å²) in [5.41, 5.74) is 0. The van der Waals surface area contributed by atoms with E-state index in [1.807, 2.05) is 11.8 Å². The van der Waals surface area contributed by atoms with Crippen molar-refractivity contribution in [1.82, 2.24) is 0 Å². The molecule has 5 heteroatoms. The Morgan fingerprint density at radius 3 is 2.58 bits per heavy atom. The second kappa shape index (κ2) is 10.0. The number of Topliss-reactive ketones (excluding diaryl/α,β-unsaturated/α-hetero) is 1. The molecule has 0 N–H and O–H groups in total. The number of hydrogen-bond acceptors (Lipinski definition) is 3. The fraction of sp³-hybridized carbons (Fsp3) is 0.857. The highest BCUT2D eigenvalue weighted by atomic mass is 35.5. The van der Waals surface area contributed by atoms with Crippen molar-refractivity contribution in [1.29, 1.82) is 0 Å². The van der Waals surface area contributed by atoms with Gasteiger partial charge in [-0.3, -0.25) is 4.79 Å². The molecule has 0 aromatic carbocycles. The molecular formula is C7H12Cl2OS2. The third-order valence-corrected chi connectivity index (χ3v) is 4.00. The van der Waals surface area contributed by atoms with Gasteiger partial charge in [-0.2, -0.15) is 11.8 Å². The number of carbonyl (C=O) groups is 1. The summed E-state index contributed by atoms with van der Waals surface area (Å²) in [5.74, 6) is 2.58. The molecule has 0 amide bonds. The molecule has 0 saturated carbocycles. The molecule has 0 unspecified atom stereocenters. The van der Waals surface area contributed by atoms with Crippen molar-refractivity contribution in [3.8, 4) is 0 Å². The van der Waals surface area contributed by atoms with Crippen molar-refractivity contribution in [2.75, 3.05) is 28.4 Å². The van der Waals surface area contributed by atoms with E-state index in [1.54, 1.807) is 11.8 Å². The Hall–Kier alpha value is 0.950. The predicted molar refractivity (Wildman–Crippen MR) is 60.8 cm³/mol. The minimum Gasteiger partial charge on any atom is -0.297 e. The van der Waals surface area contributed by atoms with Crippen molar-refractivity contribution in [2.45, 2.75) is 6.42 Å². The first-order valence-electron chi connectivity index (χ1n) is 3.60. The van der Waals surface area contributed by atoms with Gasteiger partial charge in [0.25, 0.3) is 0 Å². The summed E-state index contributed by atoms with van der Waals surface area (Å²) in [7, 11) is 0. The minimum absolute atomic E-state index is 0.111. The molecule has 0 atom stereocenters. The molecule has 0 aliphatic rings. The maximum atomic E-state index is 10.7. The zero-order valence-corrected chi connectivity index (χ0v) is 9.87. The molecule has 12 heavy (non-hydrogen) atoms. The van der Waals surface area contributed by atoms with Crippen LogP contribution in [0.15, 0.2) is 0 Å². The van der Waals surface area contributed by atoms with Gasteiger partial charge in [-0.25, -0.2) is 0 Å². The number of carbonyl (C=O) groups excluding carboxylic acids is 1. The van der Waals surface area contributed by atoms with Crippen LogP contribution in [0.2, 0.25) is 0 Å². The molecule has 0 fully saturated rings. The molecule has 0 bridgehead atoms. The largest absolute Gasteiger partial charge is 0.297 e. The van der Waals surface area contributed by atoms with E-state index in [-0.39, 0.29) is 11.7 Å². The van der Waals surface area contributed by atoms with Gasteiger partial charge in [0.15, 0.2) is 5.78 Å². The molecule has 0 radical (unpaired) electrons. The lowest BCUT2D eigenvalue weighted by molar-refractivity contribution is -0.114. The van der Waals surface area contributed by atoms with Gasteiger partial charge in [-0.05, 0) is 12.2 Å². The van der Waals surface area contributed by atoms with Crippen LogP contribution in [0.1, 0.15) is 6.42 Å². The molecule has 72 valence electrons. The lowest BCUT2D eigenvalue weighted by Gasteiger charge is -1.98. The number of alkyl halides is 2. The topological polar surface area (TPSA) is 17.1 Å². The van der Waals surface area contributed by atoms with E-state index in [4.69, 9.17) is 23.2 Å². The molecule has 0 spiro atoms. The Morgan fingerprint density at radius 1 is 1.25 bits per heavy atom. The van der Waals surface area contributed by atoms with E-state index in [0.717, 1.165) is 23.1 Å². The third-order valence-electron chi connectivity index (χ3n) is 1.00. The van der Waals surface area contributed by atoms with Crippen molar-refractivity contribution < 1.29 is 4.79 Å². The van der Waals surface area contributed by atoms with Gasteiger partial charge in [-0.15, -0.1) is 35.0 Å². The Morgan fingerprint density at radius 2 is 2.00 bits per heavy atom. The second-order valence-corrected chi connectivity index (χ2v) is 5.19. The molecule has 0 aromatic rings. The third kappa shape index (κ3) is 9.04. The SMILES string of the molecule is O=C(CCl)CSCSCCCCl. The van der Waals surface area contributed by atoms with Crippen LogP contribution in [0.3, 0.4) is 0 Å². The van der Waals surface area contributed by atoms with Crippen LogP contribution in [0.25, 0.3) is 0 Å². The number of hydrogen-bond donors (Lipinski definition) is 0. The van der Waals surface area contributed by atoms with Crippen LogP contribution in [0.4, 0.5) is 0 Å². The summed E-state index contributed by atoms with van der Waals surface area (Å²) in [6.07, 6.45) is 1.04. The van der Waals surface area contributed by atoms with Gasteiger partial charge in [0.2, 0.25) is 0 Å². The van der Waals surface area contributed by atoms with Crippen LogP contribution < -0.4 is 0 Å². The van der Waals surface area contributed by atoms with E-state index in [1.165, 1.54) is 0 Å². The summed E-state index contributed by atoms with van der Waals surface area (Å²) in [6.45, 7) is 0. The summed E-state index contributed by atoms with van der Waals surface area (Å²) in [6, 6.07) is 0. The number of rotatable bonds is 8. The predicted octanol–water partition coefficient (Wildman–Crippen LogP) is 2.85. The van der Waals surface area contributed by atoms with E-state index in [9.17, 15) is 4.79 Å². The number of halogens is 2. The highest BCUT2D eigenvalue weighted by Gasteiger charge is 1.98. The minimum atomic E-state index is 0.111. The standard InChI is InChI=1S/C7H12Cl2OS2/c8-2-1-3-11-6-12-5-7(10)4-9/h1-6H2.